The van der Waals surface area contributed by atoms with Crippen molar-refractivity contribution in [2.24, 2.45) is 0 Å². The maximum atomic E-state index is 11.8. The van der Waals surface area contributed by atoms with Gasteiger partial charge in [0.15, 0.2) is 6.61 Å². The summed E-state index contributed by atoms with van der Waals surface area (Å²) in [6, 6.07) is 14.7. The number of benzene rings is 2. The van der Waals surface area contributed by atoms with E-state index in [0.717, 1.165) is 6.42 Å². The summed E-state index contributed by atoms with van der Waals surface area (Å²) in [4.78, 5) is 11.8. The van der Waals surface area contributed by atoms with Gasteiger partial charge < -0.3 is 10.1 Å². The lowest BCUT2D eigenvalue weighted by atomic mass is 10.2. The number of anilines is 1. The van der Waals surface area contributed by atoms with Crippen molar-refractivity contribution in [3.63, 3.8) is 0 Å². The second-order valence-corrected chi connectivity index (χ2v) is 4.78. The lowest BCUT2D eigenvalue weighted by Gasteiger charge is -2.08. The van der Waals surface area contributed by atoms with Gasteiger partial charge in [-0.05, 0) is 42.3 Å². The van der Waals surface area contributed by atoms with E-state index in [2.05, 4.69) is 12.2 Å². The van der Waals surface area contributed by atoms with Crippen LogP contribution in [0.3, 0.4) is 0 Å². The zero-order valence-corrected chi connectivity index (χ0v) is 12.0. The molecule has 1 amide bonds. The topological polar surface area (TPSA) is 38.3 Å². The Morgan fingerprint density at radius 3 is 2.75 bits per heavy atom. The molecule has 104 valence electrons. The first-order valence-corrected chi connectivity index (χ1v) is 6.82. The molecule has 0 unspecified atom stereocenters. The van der Waals surface area contributed by atoms with Crippen molar-refractivity contribution in [2.75, 3.05) is 11.9 Å². The average molecular weight is 290 g/mol. The van der Waals surface area contributed by atoms with Gasteiger partial charge in [0.2, 0.25) is 0 Å². The SMILES string of the molecule is CCc1cccc(OCC(=O)Nc2cccc(Cl)c2)c1. The first-order valence-electron chi connectivity index (χ1n) is 6.44. The minimum atomic E-state index is -0.214. The van der Waals surface area contributed by atoms with E-state index >= 15 is 0 Å². The number of rotatable bonds is 5. The Balaban J connectivity index is 1.88. The Hall–Kier alpha value is -2.00. The summed E-state index contributed by atoms with van der Waals surface area (Å²) >= 11 is 5.85. The molecule has 0 saturated heterocycles. The maximum absolute atomic E-state index is 11.8. The van der Waals surface area contributed by atoms with Gasteiger partial charge >= 0.3 is 0 Å². The number of carbonyl (C=O) groups excluding carboxylic acids is 1. The third-order valence-electron chi connectivity index (χ3n) is 2.78. The van der Waals surface area contributed by atoms with E-state index in [1.807, 2.05) is 24.3 Å². The predicted octanol–water partition coefficient (Wildman–Crippen LogP) is 3.92. The fraction of sp³-hybridized carbons (Fsp3) is 0.188. The number of hydrogen-bond acceptors (Lipinski definition) is 2. The smallest absolute Gasteiger partial charge is 0.262 e. The third-order valence-corrected chi connectivity index (χ3v) is 3.02. The van der Waals surface area contributed by atoms with Crippen molar-refractivity contribution in [1.82, 2.24) is 0 Å². The molecule has 0 spiro atoms. The second-order valence-electron chi connectivity index (χ2n) is 4.35. The molecule has 0 aliphatic rings. The van der Waals surface area contributed by atoms with Crippen LogP contribution >= 0.6 is 11.6 Å². The summed E-state index contributed by atoms with van der Waals surface area (Å²) in [5, 5.41) is 3.32. The van der Waals surface area contributed by atoms with Gasteiger partial charge in [-0.3, -0.25) is 4.79 Å². The molecular weight excluding hydrogens is 274 g/mol. The molecule has 4 heteroatoms. The number of hydrogen-bond donors (Lipinski definition) is 1. The summed E-state index contributed by atoms with van der Waals surface area (Å²) in [5.41, 5.74) is 1.84. The van der Waals surface area contributed by atoms with Crippen molar-refractivity contribution >= 4 is 23.2 Å². The fourth-order valence-corrected chi connectivity index (χ4v) is 1.96. The molecule has 0 atom stereocenters. The molecule has 20 heavy (non-hydrogen) atoms. The summed E-state index contributed by atoms with van der Waals surface area (Å²) in [6.07, 6.45) is 0.936. The predicted molar refractivity (Wildman–Crippen MR) is 81.4 cm³/mol. The standard InChI is InChI=1S/C16H16ClNO2/c1-2-12-5-3-8-15(9-12)20-11-16(19)18-14-7-4-6-13(17)10-14/h3-10H,2,11H2,1H3,(H,18,19). The molecule has 0 fully saturated rings. The Morgan fingerprint density at radius 2 is 2.00 bits per heavy atom. The van der Waals surface area contributed by atoms with Crippen molar-refractivity contribution < 1.29 is 9.53 Å². The zero-order valence-electron chi connectivity index (χ0n) is 11.2. The van der Waals surface area contributed by atoms with Gasteiger partial charge in [-0.1, -0.05) is 36.7 Å². The molecule has 2 rings (SSSR count). The average Bonchev–Trinajstić information content (AvgIpc) is 2.45. The van der Waals surface area contributed by atoms with Crippen LogP contribution in [0.5, 0.6) is 5.75 Å². The highest BCUT2D eigenvalue weighted by molar-refractivity contribution is 6.30. The van der Waals surface area contributed by atoms with E-state index in [1.54, 1.807) is 24.3 Å². The molecule has 1 N–H and O–H groups in total. The highest BCUT2D eigenvalue weighted by Gasteiger charge is 2.04. The van der Waals surface area contributed by atoms with Crippen molar-refractivity contribution in [3.8, 4) is 5.75 Å². The molecule has 2 aromatic carbocycles. The molecule has 0 aliphatic carbocycles. The van der Waals surface area contributed by atoms with Gasteiger partial charge in [-0.25, -0.2) is 0 Å². The van der Waals surface area contributed by atoms with Crippen LogP contribution in [0.2, 0.25) is 5.02 Å². The van der Waals surface area contributed by atoms with E-state index in [-0.39, 0.29) is 12.5 Å². The van der Waals surface area contributed by atoms with Gasteiger partial charge in [-0.2, -0.15) is 0 Å². The molecule has 2 aromatic rings. The van der Waals surface area contributed by atoms with Crippen LogP contribution in [0.15, 0.2) is 48.5 Å². The van der Waals surface area contributed by atoms with Crippen LogP contribution in [0.4, 0.5) is 5.69 Å². The van der Waals surface area contributed by atoms with Crippen LogP contribution in [0, 0.1) is 0 Å². The number of carbonyl (C=O) groups is 1. The monoisotopic (exact) mass is 289 g/mol. The maximum Gasteiger partial charge on any atom is 0.262 e. The van der Waals surface area contributed by atoms with E-state index < -0.39 is 0 Å². The first kappa shape index (κ1) is 14.4. The Morgan fingerprint density at radius 1 is 1.20 bits per heavy atom. The van der Waals surface area contributed by atoms with Gasteiger partial charge in [0.25, 0.3) is 5.91 Å². The van der Waals surface area contributed by atoms with E-state index in [0.29, 0.717) is 16.5 Å². The molecule has 0 radical (unpaired) electrons. The Bertz CT molecular complexity index is 599. The number of ether oxygens (including phenoxy) is 1. The zero-order chi connectivity index (χ0) is 14.4. The quantitative estimate of drug-likeness (QED) is 0.906. The highest BCUT2D eigenvalue weighted by Crippen LogP contribution is 2.16. The second kappa shape index (κ2) is 6.96. The lowest BCUT2D eigenvalue weighted by Crippen LogP contribution is -2.20. The van der Waals surface area contributed by atoms with Crippen LogP contribution in [0.1, 0.15) is 12.5 Å². The lowest BCUT2D eigenvalue weighted by molar-refractivity contribution is -0.118. The van der Waals surface area contributed by atoms with Crippen LogP contribution in [0.25, 0.3) is 0 Å². The van der Waals surface area contributed by atoms with Crippen molar-refractivity contribution in [2.45, 2.75) is 13.3 Å². The summed E-state index contributed by atoms with van der Waals surface area (Å²) < 4.78 is 5.47. The first-order chi connectivity index (χ1) is 9.67. The van der Waals surface area contributed by atoms with Gasteiger partial charge in [0, 0.05) is 10.7 Å². The van der Waals surface area contributed by atoms with Crippen molar-refractivity contribution in [3.05, 3.63) is 59.1 Å². The van der Waals surface area contributed by atoms with E-state index in [4.69, 9.17) is 16.3 Å². The largest absolute Gasteiger partial charge is 0.484 e. The van der Waals surface area contributed by atoms with Crippen LogP contribution in [-0.4, -0.2) is 12.5 Å². The molecule has 0 aliphatic heterocycles. The van der Waals surface area contributed by atoms with E-state index in [9.17, 15) is 4.79 Å². The minimum Gasteiger partial charge on any atom is -0.484 e. The molecule has 0 bridgehead atoms. The summed E-state index contributed by atoms with van der Waals surface area (Å²) in [7, 11) is 0. The third kappa shape index (κ3) is 4.28. The Kier molecular flexibility index (Phi) is 5.02. The van der Waals surface area contributed by atoms with Crippen molar-refractivity contribution in [1.29, 1.82) is 0 Å². The molecule has 0 heterocycles. The van der Waals surface area contributed by atoms with E-state index in [1.165, 1.54) is 5.56 Å². The minimum absolute atomic E-state index is 0.0281. The van der Waals surface area contributed by atoms with Crippen LogP contribution < -0.4 is 10.1 Å². The molecule has 0 saturated carbocycles. The normalized spacial score (nSPS) is 10.1. The number of amides is 1. The number of nitrogens with one attached hydrogen (secondary N) is 1. The number of halogens is 1. The fourth-order valence-electron chi connectivity index (χ4n) is 1.77. The molecule has 0 aromatic heterocycles. The van der Waals surface area contributed by atoms with Crippen LogP contribution in [-0.2, 0) is 11.2 Å². The molecular formula is C16H16ClNO2. The summed E-state index contributed by atoms with van der Waals surface area (Å²) in [6.45, 7) is 2.05. The van der Waals surface area contributed by atoms with Gasteiger partial charge in [-0.15, -0.1) is 0 Å². The van der Waals surface area contributed by atoms with Gasteiger partial charge in [0.1, 0.15) is 5.75 Å². The summed E-state index contributed by atoms with van der Waals surface area (Å²) in [5.74, 6) is 0.486. The van der Waals surface area contributed by atoms with Gasteiger partial charge in [0.05, 0.1) is 0 Å². The number of aryl methyl sites for hydroxylation is 1. The Labute approximate surface area is 123 Å². The highest BCUT2D eigenvalue weighted by atomic mass is 35.5. The molecule has 3 nitrogen and oxygen atoms in total.